The third-order valence-electron chi connectivity index (χ3n) is 5.92. The monoisotopic (exact) mass is 369 g/mol. The minimum Gasteiger partial charge on any atom is -0.483 e. The highest BCUT2D eigenvalue weighted by Crippen LogP contribution is 2.40. The standard InChI is InChI=1S/C21H27N3O3/c1-15(25)23-9-11-24(12-10-23)20(26)14-27-19-8-4-7-18-21(19)17(13-22-18)16-5-2-3-6-16/h4,7-8,13,16,22H,2-3,5-6,9-12,14H2,1H3. The first kappa shape index (κ1) is 17.9. The molecule has 0 unspecified atom stereocenters. The topological polar surface area (TPSA) is 65.6 Å². The first-order valence-corrected chi connectivity index (χ1v) is 9.89. The van der Waals surface area contributed by atoms with Crippen LogP contribution in [0, 0.1) is 0 Å². The lowest BCUT2D eigenvalue weighted by Gasteiger charge is -2.34. The number of piperazine rings is 1. The second kappa shape index (κ2) is 7.62. The molecule has 6 heteroatoms. The summed E-state index contributed by atoms with van der Waals surface area (Å²) in [5.74, 6) is 1.41. The molecule has 2 heterocycles. The van der Waals surface area contributed by atoms with Crippen molar-refractivity contribution in [2.45, 2.75) is 38.5 Å². The Morgan fingerprint density at radius 1 is 1.11 bits per heavy atom. The van der Waals surface area contributed by atoms with Gasteiger partial charge in [0.25, 0.3) is 5.91 Å². The lowest BCUT2D eigenvalue weighted by atomic mass is 9.97. The summed E-state index contributed by atoms with van der Waals surface area (Å²) in [7, 11) is 0. The summed E-state index contributed by atoms with van der Waals surface area (Å²) in [5.41, 5.74) is 2.39. The van der Waals surface area contributed by atoms with Crippen molar-refractivity contribution in [2.75, 3.05) is 32.8 Å². The summed E-state index contributed by atoms with van der Waals surface area (Å²) >= 11 is 0. The summed E-state index contributed by atoms with van der Waals surface area (Å²) in [4.78, 5) is 30.9. The Balaban J connectivity index is 1.44. The van der Waals surface area contributed by atoms with Gasteiger partial charge in [0.2, 0.25) is 5.91 Å². The van der Waals surface area contributed by atoms with Gasteiger partial charge in [-0.3, -0.25) is 9.59 Å². The van der Waals surface area contributed by atoms with Gasteiger partial charge in [-0.05, 0) is 36.5 Å². The Kier molecular flexibility index (Phi) is 5.05. The molecule has 4 rings (SSSR count). The summed E-state index contributed by atoms with van der Waals surface area (Å²) < 4.78 is 5.98. The molecule has 1 saturated carbocycles. The van der Waals surface area contributed by atoms with Crippen LogP contribution in [0.15, 0.2) is 24.4 Å². The Morgan fingerprint density at radius 2 is 1.81 bits per heavy atom. The minimum atomic E-state index is -0.0202. The van der Waals surface area contributed by atoms with Crippen LogP contribution >= 0.6 is 0 Å². The first-order chi connectivity index (χ1) is 13.1. The molecule has 1 aromatic heterocycles. The number of aromatic nitrogens is 1. The van der Waals surface area contributed by atoms with Crippen LogP contribution in [-0.2, 0) is 9.59 Å². The number of rotatable bonds is 4. The molecule has 2 fully saturated rings. The van der Waals surface area contributed by atoms with Crippen LogP contribution in [0.1, 0.15) is 44.1 Å². The van der Waals surface area contributed by atoms with Crippen molar-refractivity contribution in [1.29, 1.82) is 0 Å². The van der Waals surface area contributed by atoms with Crippen LogP contribution in [0.2, 0.25) is 0 Å². The van der Waals surface area contributed by atoms with Gasteiger partial charge in [-0.15, -0.1) is 0 Å². The molecule has 2 aliphatic rings. The highest BCUT2D eigenvalue weighted by atomic mass is 16.5. The maximum atomic E-state index is 12.6. The van der Waals surface area contributed by atoms with Gasteiger partial charge in [-0.1, -0.05) is 18.9 Å². The van der Waals surface area contributed by atoms with Crippen molar-refractivity contribution < 1.29 is 14.3 Å². The number of fused-ring (bicyclic) bond motifs is 1. The van der Waals surface area contributed by atoms with Crippen molar-refractivity contribution in [1.82, 2.24) is 14.8 Å². The Bertz CT molecular complexity index is 830. The average Bonchev–Trinajstić information content (AvgIpc) is 3.35. The van der Waals surface area contributed by atoms with Gasteiger partial charge in [0.05, 0.1) is 0 Å². The van der Waals surface area contributed by atoms with Crippen molar-refractivity contribution >= 4 is 22.7 Å². The molecule has 1 N–H and O–H groups in total. The van der Waals surface area contributed by atoms with Crippen molar-refractivity contribution in [3.63, 3.8) is 0 Å². The number of benzene rings is 1. The third-order valence-corrected chi connectivity index (χ3v) is 5.92. The molecule has 1 aromatic carbocycles. The normalized spacial score (nSPS) is 18.3. The van der Waals surface area contributed by atoms with Gasteiger partial charge >= 0.3 is 0 Å². The van der Waals surface area contributed by atoms with E-state index in [1.165, 1.54) is 31.2 Å². The zero-order valence-electron chi connectivity index (χ0n) is 15.9. The molecular formula is C21H27N3O3. The van der Waals surface area contributed by atoms with Gasteiger partial charge in [-0.2, -0.15) is 0 Å². The predicted molar refractivity (Wildman–Crippen MR) is 104 cm³/mol. The highest BCUT2D eigenvalue weighted by molar-refractivity contribution is 5.90. The van der Waals surface area contributed by atoms with E-state index in [0.717, 1.165) is 16.7 Å². The number of ether oxygens (including phenoxy) is 1. The van der Waals surface area contributed by atoms with E-state index in [1.807, 2.05) is 12.1 Å². The molecule has 1 saturated heterocycles. The maximum absolute atomic E-state index is 12.6. The van der Waals surface area contributed by atoms with Crippen LogP contribution < -0.4 is 4.74 Å². The molecule has 0 radical (unpaired) electrons. The summed E-state index contributed by atoms with van der Waals surface area (Å²) in [6.07, 6.45) is 7.12. The number of nitrogens with one attached hydrogen (secondary N) is 1. The van der Waals surface area contributed by atoms with E-state index in [4.69, 9.17) is 4.74 Å². The van der Waals surface area contributed by atoms with E-state index >= 15 is 0 Å². The molecular weight excluding hydrogens is 342 g/mol. The van der Waals surface area contributed by atoms with Gasteiger partial charge in [0, 0.05) is 50.2 Å². The molecule has 6 nitrogen and oxygen atoms in total. The quantitative estimate of drug-likeness (QED) is 0.901. The Morgan fingerprint density at radius 3 is 2.52 bits per heavy atom. The van der Waals surface area contributed by atoms with Crippen LogP contribution in [0.4, 0.5) is 0 Å². The Hall–Kier alpha value is -2.50. The Labute approximate surface area is 159 Å². The molecule has 1 aliphatic carbocycles. The smallest absolute Gasteiger partial charge is 0.260 e. The van der Waals surface area contributed by atoms with E-state index in [0.29, 0.717) is 32.1 Å². The summed E-state index contributed by atoms with van der Waals surface area (Å²) in [6, 6.07) is 5.97. The van der Waals surface area contributed by atoms with Crippen LogP contribution in [0.5, 0.6) is 5.75 Å². The number of aromatic amines is 1. The summed E-state index contributed by atoms with van der Waals surface area (Å²) in [6.45, 7) is 3.95. The van der Waals surface area contributed by atoms with E-state index in [2.05, 4.69) is 17.2 Å². The number of H-pyrrole nitrogens is 1. The van der Waals surface area contributed by atoms with Gasteiger partial charge in [0.15, 0.2) is 6.61 Å². The van der Waals surface area contributed by atoms with Crippen LogP contribution in [0.3, 0.4) is 0 Å². The zero-order valence-corrected chi connectivity index (χ0v) is 15.9. The van der Waals surface area contributed by atoms with Gasteiger partial charge < -0.3 is 19.5 Å². The van der Waals surface area contributed by atoms with E-state index in [9.17, 15) is 9.59 Å². The van der Waals surface area contributed by atoms with Crippen molar-refractivity contribution in [2.24, 2.45) is 0 Å². The van der Waals surface area contributed by atoms with E-state index in [1.54, 1.807) is 16.7 Å². The fourth-order valence-corrected chi connectivity index (χ4v) is 4.36. The SMILES string of the molecule is CC(=O)N1CCN(C(=O)COc2cccc3[nH]cc(C4CCCC4)c23)CC1. The fourth-order valence-electron chi connectivity index (χ4n) is 4.36. The maximum Gasteiger partial charge on any atom is 0.260 e. The average molecular weight is 369 g/mol. The number of carbonyl (C=O) groups excluding carboxylic acids is 2. The third kappa shape index (κ3) is 3.66. The van der Waals surface area contributed by atoms with Crippen LogP contribution in [0.25, 0.3) is 10.9 Å². The number of hydrogen-bond donors (Lipinski definition) is 1. The van der Waals surface area contributed by atoms with Crippen LogP contribution in [-0.4, -0.2) is 59.4 Å². The molecule has 0 bridgehead atoms. The second-order valence-corrected chi connectivity index (χ2v) is 7.58. The number of carbonyl (C=O) groups is 2. The number of nitrogens with zero attached hydrogens (tertiary/aromatic N) is 2. The fraction of sp³-hybridized carbons (Fsp3) is 0.524. The lowest BCUT2D eigenvalue weighted by Crippen LogP contribution is -2.51. The van der Waals surface area contributed by atoms with E-state index < -0.39 is 0 Å². The molecule has 1 aliphatic heterocycles. The molecule has 144 valence electrons. The molecule has 2 amide bonds. The van der Waals surface area contributed by atoms with Gasteiger partial charge in [0.1, 0.15) is 5.75 Å². The molecule has 0 atom stereocenters. The highest BCUT2D eigenvalue weighted by Gasteiger charge is 2.24. The molecule has 27 heavy (non-hydrogen) atoms. The number of hydrogen-bond acceptors (Lipinski definition) is 3. The second-order valence-electron chi connectivity index (χ2n) is 7.58. The van der Waals surface area contributed by atoms with Crippen molar-refractivity contribution in [3.8, 4) is 5.75 Å². The van der Waals surface area contributed by atoms with Crippen molar-refractivity contribution in [3.05, 3.63) is 30.0 Å². The largest absolute Gasteiger partial charge is 0.483 e. The first-order valence-electron chi connectivity index (χ1n) is 9.89. The van der Waals surface area contributed by atoms with E-state index in [-0.39, 0.29) is 18.4 Å². The molecule has 0 spiro atoms. The zero-order chi connectivity index (χ0) is 18.8. The summed E-state index contributed by atoms with van der Waals surface area (Å²) in [5, 5.41) is 1.12. The molecule has 2 aromatic rings. The van der Waals surface area contributed by atoms with Gasteiger partial charge in [-0.25, -0.2) is 0 Å². The number of amides is 2. The minimum absolute atomic E-state index is 0.0202. The lowest BCUT2D eigenvalue weighted by molar-refractivity contribution is -0.139. The predicted octanol–water partition coefficient (Wildman–Crippen LogP) is 2.90.